The van der Waals surface area contributed by atoms with E-state index in [-0.39, 0.29) is 11.8 Å². The zero-order valence-corrected chi connectivity index (χ0v) is 11.6. The second kappa shape index (κ2) is 6.49. The lowest BCUT2D eigenvalue weighted by Crippen LogP contribution is -2.27. The quantitative estimate of drug-likeness (QED) is 0.846. The summed E-state index contributed by atoms with van der Waals surface area (Å²) in [5.74, 6) is -0.451. The molecule has 0 radical (unpaired) electrons. The minimum absolute atomic E-state index is 0.174. The van der Waals surface area contributed by atoms with Gasteiger partial charge in [0.25, 0.3) is 11.8 Å². The molecule has 6 heteroatoms. The van der Waals surface area contributed by atoms with Crippen molar-refractivity contribution in [1.29, 1.82) is 0 Å². The van der Waals surface area contributed by atoms with Crippen LogP contribution in [0.3, 0.4) is 0 Å². The zero-order valence-electron chi connectivity index (χ0n) is 11.6. The van der Waals surface area contributed by atoms with E-state index in [9.17, 15) is 9.59 Å². The predicted octanol–water partition coefficient (Wildman–Crippen LogP) is 1.44. The topological polar surface area (TPSA) is 67.9 Å². The molecule has 1 aliphatic rings. The van der Waals surface area contributed by atoms with Crippen molar-refractivity contribution in [2.45, 2.75) is 18.9 Å². The molecule has 0 aliphatic carbocycles. The first kappa shape index (κ1) is 14.5. The molecule has 6 nitrogen and oxygen atoms in total. The van der Waals surface area contributed by atoms with Crippen LogP contribution in [0.5, 0.6) is 0 Å². The largest absolute Gasteiger partial charge is 0.368 e. The number of hydrogen-bond acceptors (Lipinski definition) is 4. The molecule has 1 fully saturated rings. The molecule has 2 amide bonds. The fourth-order valence-corrected chi connectivity index (χ4v) is 2.00. The van der Waals surface area contributed by atoms with Crippen molar-refractivity contribution in [1.82, 2.24) is 5.06 Å². The van der Waals surface area contributed by atoms with Gasteiger partial charge < -0.3 is 10.1 Å². The Morgan fingerprint density at radius 3 is 2.90 bits per heavy atom. The molecule has 1 unspecified atom stereocenters. The first-order valence-corrected chi connectivity index (χ1v) is 6.46. The summed E-state index contributed by atoms with van der Waals surface area (Å²) in [5.41, 5.74) is 1.01. The van der Waals surface area contributed by atoms with Crippen molar-refractivity contribution in [3.05, 3.63) is 29.8 Å². The monoisotopic (exact) mass is 278 g/mol. The Hall–Kier alpha value is -1.92. The summed E-state index contributed by atoms with van der Waals surface area (Å²) in [6, 6.07) is 6.72. The van der Waals surface area contributed by atoms with Gasteiger partial charge in [0, 0.05) is 24.9 Å². The molecule has 20 heavy (non-hydrogen) atoms. The number of ether oxygens (including phenoxy) is 1. The van der Waals surface area contributed by atoms with Gasteiger partial charge in [-0.1, -0.05) is 6.07 Å². The summed E-state index contributed by atoms with van der Waals surface area (Å²) in [4.78, 5) is 28.7. The first-order valence-electron chi connectivity index (χ1n) is 6.46. The molecule has 0 saturated carbocycles. The summed E-state index contributed by atoms with van der Waals surface area (Å²) in [5, 5.41) is 3.89. The Morgan fingerprint density at radius 1 is 1.45 bits per heavy atom. The maximum absolute atomic E-state index is 11.9. The van der Waals surface area contributed by atoms with Crippen LogP contribution in [0.1, 0.15) is 23.2 Å². The number of benzene rings is 1. The summed E-state index contributed by atoms with van der Waals surface area (Å²) in [6.45, 7) is 0.620. The molecular weight excluding hydrogens is 260 g/mol. The van der Waals surface area contributed by atoms with Crippen LogP contribution in [0.15, 0.2) is 24.3 Å². The maximum atomic E-state index is 11.9. The SMILES string of the molecule is CON(C)C(=O)c1cccc(NC(=O)C2CCCO2)c1. The summed E-state index contributed by atoms with van der Waals surface area (Å²) in [7, 11) is 2.95. The highest BCUT2D eigenvalue weighted by Crippen LogP contribution is 2.16. The van der Waals surface area contributed by atoms with Crippen LogP contribution in [0, 0.1) is 0 Å². The molecule has 1 aromatic carbocycles. The van der Waals surface area contributed by atoms with Gasteiger partial charge in [-0.25, -0.2) is 5.06 Å². The third-order valence-corrected chi connectivity index (χ3v) is 3.16. The van der Waals surface area contributed by atoms with E-state index in [1.54, 1.807) is 24.3 Å². The lowest BCUT2D eigenvalue weighted by atomic mass is 10.1. The number of nitrogens with one attached hydrogen (secondary N) is 1. The van der Waals surface area contributed by atoms with Crippen LogP contribution in [0.2, 0.25) is 0 Å². The molecule has 1 heterocycles. The second-order valence-electron chi connectivity index (χ2n) is 4.56. The third-order valence-electron chi connectivity index (χ3n) is 3.16. The van der Waals surface area contributed by atoms with Gasteiger partial charge >= 0.3 is 0 Å². The number of hydrogen-bond donors (Lipinski definition) is 1. The predicted molar refractivity (Wildman–Crippen MR) is 73.1 cm³/mol. The lowest BCUT2D eigenvalue weighted by Gasteiger charge is -2.15. The highest BCUT2D eigenvalue weighted by atomic mass is 16.7. The van der Waals surface area contributed by atoms with Crippen molar-refractivity contribution in [2.75, 3.05) is 26.1 Å². The molecule has 2 rings (SSSR count). The summed E-state index contributed by atoms with van der Waals surface area (Å²) >= 11 is 0. The third kappa shape index (κ3) is 3.34. The van der Waals surface area contributed by atoms with Crippen molar-refractivity contribution < 1.29 is 19.2 Å². The molecule has 0 bridgehead atoms. The average Bonchev–Trinajstić information content (AvgIpc) is 3.00. The molecule has 0 aromatic heterocycles. The van der Waals surface area contributed by atoms with Crippen LogP contribution in [-0.2, 0) is 14.4 Å². The molecule has 1 N–H and O–H groups in total. The van der Waals surface area contributed by atoms with Gasteiger partial charge in [-0.2, -0.15) is 0 Å². The van der Waals surface area contributed by atoms with Crippen molar-refractivity contribution in [3.63, 3.8) is 0 Å². The number of hydroxylamine groups is 2. The number of anilines is 1. The minimum Gasteiger partial charge on any atom is -0.368 e. The van der Waals surface area contributed by atoms with E-state index in [0.717, 1.165) is 17.9 Å². The summed E-state index contributed by atoms with van der Waals surface area (Å²) < 4.78 is 5.31. The van der Waals surface area contributed by atoms with Crippen molar-refractivity contribution in [2.24, 2.45) is 0 Å². The number of rotatable bonds is 4. The lowest BCUT2D eigenvalue weighted by molar-refractivity contribution is -0.124. The molecule has 0 spiro atoms. The maximum Gasteiger partial charge on any atom is 0.277 e. The van der Waals surface area contributed by atoms with E-state index in [4.69, 9.17) is 9.57 Å². The van der Waals surface area contributed by atoms with Gasteiger partial charge in [-0.3, -0.25) is 14.4 Å². The number of nitrogens with zero attached hydrogens (tertiary/aromatic N) is 1. The molecule has 1 saturated heterocycles. The van der Waals surface area contributed by atoms with Gasteiger partial charge in [0.1, 0.15) is 6.10 Å². The Balaban J connectivity index is 2.05. The van der Waals surface area contributed by atoms with Gasteiger partial charge in [-0.05, 0) is 31.0 Å². The number of carbonyl (C=O) groups excluding carboxylic acids is 2. The average molecular weight is 278 g/mol. The van der Waals surface area contributed by atoms with Crippen molar-refractivity contribution in [3.8, 4) is 0 Å². The molecular formula is C14H18N2O4. The van der Waals surface area contributed by atoms with Crippen LogP contribution < -0.4 is 5.32 Å². The Kier molecular flexibility index (Phi) is 4.70. The van der Waals surface area contributed by atoms with Gasteiger partial charge in [-0.15, -0.1) is 0 Å². The smallest absolute Gasteiger partial charge is 0.277 e. The standard InChI is InChI=1S/C14H18N2O4/c1-16(19-2)14(18)10-5-3-6-11(9-10)15-13(17)12-7-4-8-20-12/h3,5-6,9,12H,4,7-8H2,1-2H3,(H,15,17). The van der Waals surface area contributed by atoms with E-state index in [1.807, 2.05) is 0 Å². The van der Waals surface area contributed by atoms with Crippen LogP contribution in [0.4, 0.5) is 5.69 Å². The van der Waals surface area contributed by atoms with E-state index in [1.165, 1.54) is 14.2 Å². The van der Waals surface area contributed by atoms with Crippen molar-refractivity contribution >= 4 is 17.5 Å². The van der Waals surface area contributed by atoms with Crippen LogP contribution in [0.25, 0.3) is 0 Å². The number of carbonyl (C=O) groups is 2. The van der Waals surface area contributed by atoms with E-state index in [0.29, 0.717) is 17.9 Å². The Labute approximate surface area is 117 Å². The Morgan fingerprint density at radius 2 is 2.25 bits per heavy atom. The fourth-order valence-electron chi connectivity index (χ4n) is 2.00. The van der Waals surface area contributed by atoms with Crippen LogP contribution >= 0.6 is 0 Å². The van der Waals surface area contributed by atoms with E-state index < -0.39 is 6.10 Å². The van der Waals surface area contributed by atoms with Gasteiger partial charge in [0.15, 0.2) is 0 Å². The highest BCUT2D eigenvalue weighted by molar-refractivity contribution is 5.97. The summed E-state index contributed by atoms with van der Waals surface area (Å²) in [6.07, 6.45) is 1.24. The second-order valence-corrected chi connectivity index (χ2v) is 4.56. The molecule has 1 aromatic rings. The van der Waals surface area contributed by atoms with Crippen LogP contribution in [-0.4, -0.2) is 43.7 Å². The van der Waals surface area contributed by atoms with Gasteiger partial charge in [0.2, 0.25) is 0 Å². The minimum atomic E-state index is -0.393. The Bertz CT molecular complexity index is 498. The molecule has 1 aliphatic heterocycles. The van der Waals surface area contributed by atoms with E-state index >= 15 is 0 Å². The number of amides is 2. The molecule has 108 valence electrons. The molecule has 1 atom stereocenters. The first-order chi connectivity index (χ1) is 9.61. The highest BCUT2D eigenvalue weighted by Gasteiger charge is 2.23. The zero-order chi connectivity index (χ0) is 14.5. The fraction of sp³-hybridized carbons (Fsp3) is 0.429. The van der Waals surface area contributed by atoms with Gasteiger partial charge in [0.05, 0.1) is 7.11 Å². The normalized spacial score (nSPS) is 17.8. The van der Waals surface area contributed by atoms with E-state index in [2.05, 4.69) is 5.32 Å².